The first-order chi connectivity index (χ1) is 5.69. The van der Waals surface area contributed by atoms with Crippen LogP contribution in [0, 0.1) is 12.3 Å². The second kappa shape index (κ2) is 3.09. The molecule has 0 unspecified atom stereocenters. The van der Waals surface area contributed by atoms with Gasteiger partial charge >= 0.3 is 5.97 Å². The Balaban J connectivity index is 3.19. The van der Waals surface area contributed by atoms with E-state index in [9.17, 15) is 4.79 Å². The van der Waals surface area contributed by atoms with Gasteiger partial charge in [-0.25, -0.2) is 4.79 Å². The highest BCUT2D eigenvalue weighted by Crippen LogP contribution is 2.04. The number of hydrogen-bond acceptors (Lipinski definition) is 2. The van der Waals surface area contributed by atoms with Gasteiger partial charge in [0.05, 0.1) is 5.56 Å². The van der Waals surface area contributed by atoms with Crippen LogP contribution in [0.2, 0.25) is 0 Å². The fourth-order valence-electron chi connectivity index (χ4n) is 0.847. The van der Waals surface area contributed by atoms with Crippen molar-refractivity contribution in [2.24, 2.45) is 0 Å². The largest absolute Gasteiger partial charge is 0.476 e. The quantitative estimate of drug-likeness (QED) is 0.650. The van der Waals surface area contributed by atoms with Crippen molar-refractivity contribution in [1.82, 2.24) is 9.78 Å². The zero-order valence-corrected chi connectivity index (χ0v) is 6.61. The lowest BCUT2D eigenvalue weighted by Gasteiger charge is -1.89. The minimum Gasteiger partial charge on any atom is -0.476 e. The van der Waals surface area contributed by atoms with Crippen molar-refractivity contribution in [2.45, 2.75) is 13.5 Å². The normalized spacial score (nSPS) is 9.33. The lowest BCUT2D eigenvalue weighted by molar-refractivity contribution is 0.0689. The van der Waals surface area contributed by atoms with Crippen LogP contribution in [0.25, 0.3) is 0 Å². The second-order valence-corrected chi connectivity index (χ2v) is 2.20. The summed E-state index contributed by atoms with van der Waals surface area (Å²) >= 11 is 0. The average molecular weight is 164 g/mol. The summed E-state index contributed by atoms with van der Waals surface area (Å²) in [5.74, 6) is 1.18. The summed E-state index contributed by atoms with van der Waals surface area (Å²) in [5, 5.41) is 12.4. The van der Waals surface area contributed by atoms with Gasteiger partial charge in [0.25, 0.3) is 0 Å². The lowest BCUT2D eigenvalue weighted by atomic mass is 10.3. The maximum atomic E-state index is 10.5. The van der Waals surface area contributed by atoms with Gasteiger partial charge in [0.2, 0.25) is 0 Å². The van der Waals surface area contributed by atoms with Gasteiger partial charge in [0, 0.05) is 12.7 Å². The maximum absolute atomic E-state index is 10.5. The summed E-state index contributed by atoms with van der Waals surface area (Å²) in [6.07, 6.45) is 6.63. The van der Waals surface area contributed by atoms with E-state index < -0.39 is 5.97 Å². The van der Waals surface area contributed by atoms with Crippen molar-refractivity contribution in [1.29, 1.82) is 0 Å². The molecular formula is C8H8N2O2. The van der Waals surface area contributed by atoms with Crippen LogP contribution in [0.4, 0.5) is 0 Å². The molecule has 1 rings (SSSR count). The van der Waals surface area contributed by atoms with E-state index in [4.69, 9.17) is 11.5 Å². The van der Waals surface area contributed by atoms with Crippen molar-refractivity contribution in [3.8, 4) is 12.3 Å². The molecule has 1 N–H and O–H groups in total. The molecule has 4 nitrogen and oxygen atoms in total. The number of hydrogen-bond donors (Lipinski definition) is 1. The first-order valence-corrected chi connectivity index (χ1v) is 3.46. The molecule has 0 amide bonds. The van der Waals surface area contributed by atoms with E-state index in [1.165, 1.54) is 4.68 Å². The van der Waals surface area contributed by atoms with Gasteiger partial charge in [-0.05, 0) is 6.92 Å². The van der Waals surface area contributed by atoms with E-state index in [1.54, 1.807) is 6.20 Å². The van der Waals surface area contributed by atoms with Crippen LogP contribution in [-0.2, 0) is 6.54 Å². The molecule has 12 heavy (non-hydrogen) atoms. The van der Waals surface area contributed by atoms with Gasteiger partial charge in [-0.15, -0.1) is 6.42 Å². The number of aryl methyl sites for hydroxylation is 1. The van der Waals surface area contributed by atoms with E-state index in [1.807, 2.05) is 6.92 Å². The van der Waals surface area contributed by atoms with Crippen LogP contribution in [0.3, 0.4) is 0 Å². The van der Waals surface area contributed by atoms with Crippen LogP contribution >= 0.6 is 0 Å². The summed E-state index contributed by atoms with van der Waals surface area (Å²) in [4.78, 5) is 10.5. The number of aromatic nitrogens is 2. The fourth-order valence-corrected chi connectivity index (χ4v) is 0.847. The Bertz CT molecular complexity index is 346. The van der Waals surface area contributed by atoms with Crippen molar-refractivity contribution < 1.29 is 9.90 Å². The zero-order chi connectivity index (χ0) is 9.14. The van der Waals surface area contributed by atoms with E-state index >= 15 is 0 Å². The predicted octanol–water partition coefficient (Wildman–Crippen LogP) is 0.583. The van der Waals surface area contributed by atoms with Gasteiger partial charge in [0.1, 0.15) is 0 Å². The van der Waals surface area contributed by atoms with Crippen LogP contribution in [0.1, 0.15) is 23.0 Å². The highest BCUT2D eigenvalue weighted by atomic mass is 16.4. The molecule has 0 aromatic carbocycles. The first-order valence-electron chi connectivity index (χ1n) is 3.46. The standard InChI is InChI=1S/C8H8N2O2/c1-3-6-5-10(4-2)9-7(6)8(11)12/h1,5H,4H2,2H3,(H,11,12). The second-order valence-electron chi connectivity index (χ2n) is 2.20. The lowest BCUT2D eigenvalue weighted by Crippen LogP contribution is -2.01. The molecule has 1 aromatic heterocycles. The smallest absolute Gasteiger partial charge is 0.357 e. The molecule has 62 valence electrons. The molecule has 4 heteroatoms. The maximum Gasteiger partial charge on any atom is 0.357 e. The predicted molar refractivity (Wildman–Crippen MR) is 42.8 cm³/mol. The number of carboxylic acids is 1. The first kappa shape index (κ1) is 8.34. The average Bonchev–Trinajstić information content (AvgIpc) is 2.47. The molecule has 0 saturated heterocycles. The van der Waals surface area contributed by atoms with Crippen molar-refractivity contribution in [3.05, 3.63) is 17.5 Å². The monoisotopic (exact) mass is 164 g/mol. The fraction of sp³-hybridized carbons (Fsp3) is 0.250. The van der Waals surface area contributed by atoms with Crippen molar-refractivity contribution in [3.63, 3.8) is 0 Å². The molecule has 0 saturated carbocycles. The minimum absolute atomic E-state index is 0.0562. The van der Waals surface area contributed by atoms with Crippen LogP contribution in [-0.4, -0.2) is 20.9 Å². The molecule has 1 heterocycles. The summed E-state index contributed by atoms with van der Waals surface area (Å²) < 4.78 is 1.50. The highest BCUT2D eigenvalue weighted by molar-refractivity contribution is 5.88. The molecule has 0 bridgehead atoms. The molecule has 0 atom stereocenters. The van der Waals surface area contributed by atoms with Gasteiger partial charge in [0.15, 0.2) is 5.69 Å². The summed E-state index contributed by atoms with van der Waals surface area (Å²) in [5.41, 5.74) is 0.267. The number of nitrogens with zero attached hydrogens (tertiary/aromatic N) is 2. The Labute approximate surface area is 69.8 Å². The van der Waals surface area contributed by atoms with Crippen LogP contribution in [0.15, 0.2) is 6.20 Å². The molecule has 0 aliphatic heterocycles. The minimum atomic E-state index is -1.09. The molecule has 0 spiro atoms. The Hall–Kier alpha value is -1.76. The molecule has 0 aliphatic rings. The molecule has 0 radical (unpaired) electrons. The van der Waals surface area contributed by atoms with E-state index in [0.717, 1.165) is 0 Å². The van der Waals surface area contributed by atoms with Gasteiger partial charge in [-0.1, -0.05) is 5.92 Å². The third kappa shape index (κ3) is 1.30. The topological polar surface area (TPSA) is 55.1 Å². The summed E-state index contributed by atoms with van der Waals surface area (Å²) in [7, 11) is 0. The van der Waals surface area contributed by atoms with Crippen molar-refractivity contribution >= 4 is 5.97 Å². The van der Waals surface area contributed by atoms with Gasteiger partial charge in [-0.3, -0.25) is 4.68 Å². The van der Waals surface area contributed by atoms with E-state index in [2.05, 4.69) is 11.0 Å². The molecule has 1 aromatic rings. The van der Waals surface area contributed by atoms with E-state index in [-0.39, 0.29) is 5.69 Å². The number of carbonyl (C=O) groups is 1. The van der Waals surface area contributed by atoms with E-state index in [0.29, 0.717) is 12.1 Å². The third-order valence-electron chi connectivity index (χ3n) is 1.44. The molecular weight excluding hydrogens is 156 g/mol. The Kier molecular flexibility index (Phi) is 2.15. The number of aromatic carboxylic acids is 1. The molecule has 0 fully saturated rings. The third-order valence-corrected chi connectivity index (χ3v) is 1.44. The summed E-state index contributed by atoms with van der Waals surface area (Å²) in [6.45, 7) is 2.47. The Morgan fingerprint density at radius 2 is 2.58 bits per heavy atom. The molecule has 0 aliphatic carbocycles. The van der Waals surface area contributed by atoms with Crippen molar-refractivity contribution in [2.75, 3.05) is 0 Å². The Morgan fingerprint density at radius 1 is 1.92 bits per heavy atom. The summed E-state index contributed by atoms with van der Waals surface area (Å²) in [6, 6.07) is 0. The van der Waals surface area contributed by atoms with Crippen LogP contribution < -0.4 is 0 Å². The highest BCUT2D eigenvalue weighted by Gasteiger charge is 2.12. The van der Waals surface area contributed by atoms with Gasteiger partial charge in [-0.2, -0.15) is 5.10 Å². The number of terminal acetylenes is 1. The SMILES string of the molecule is C#Cc1cn(CC)nc1C(=O)O. The number of carboxylic acid groups (broad SMARTS) is 1. The number of rotatable bonds is 2. The van der Waals surface area contributed by atoms with Gasteiger partial charge < -0.3 is 5.11 Å². The van der Waals surface area contributed by atoms with Crippen LogP contribution in [0.5, 0.6) is 0 Å². The Morgan fingerprint density at radius 3 is 2.92 bits per heavy atom. The zero-order valence-electron chi connectivity index (χ0n) is 6.61.